The lowest BCUT2D eigenvalue weighted by atomic mass is 10.3. The number of rotatable bonds is 7. The molecule has 2 aromatic rings. The molecule has 0 radical (unpaired) electrons. The Morgan fingerprint density at radius 2 is 1.68 bits per heavy atom. The van der Waals surface area contributed by atoms with E-state index in [1.807, 2.05) is 6.92 Å². The molecular weight excluding hydrogens is 400 g/mol. The second-order valence-electron chi connectivity index (χ2n) is 6.48. The third kappa shape index (κ3) is 4.59. The van der Waals surface area contributed by atoms with Gasteiger partial charge in [0.15, 0.2) is 0 Å². The largest absolute Gasteiger partial charge is 0.494 e. The second kappa shape index (κ2) is 8.84. The molecular formula is C20H23ClN2O4S. The average molecular weight is 423 g/mol. The highest BCUT2D eigenvalue weighted by Crippen LogP contribution is 2.27. The minimum Gasteiger partial charge on any atom is -0.494 e. The zero-order chi connectivity index (χ0) is 20.1. The van der Waals surface area contributed by atoms with Gasteiger partial charge in [-0.15, -0.1) is 0 Å². The van der Waals surface area contributed by atoms with Crippen molar-refractivity contribution in [1.82, 2.24) is 4.90 Å². The first-order chi connectivity index (χ1) is 13.4. The van der Waals surface area contributed by atoms with Crippen LogP contribution in [0, 0.1) is 0 Å². The maximum absolute atomic E-state index is 13.3. The van der Waals surface area contributed by atoms with E-state index >= 15 is 0 Å². The Morgan fingerprint density at radius 3 is 2.25 bits per heavy atom. The third-order valence-electron chi connectivity index (χ3n) is 4.57. The van der Waals surface area contributed by atoms with Gasteiger partial charge in [-0.05, 0) is 68.3 Å². The first-order valence-corrected chi connectivity index (χ1v) is 11.0. The van der Waals surface area contributed by atoms with Crippen LogP contribution in [-0.2, 0) is 14.8 Å². The van der Waals surface area contributed by atoms with Crippen LogP contribution in [0.2, 0.25) is 5.02 Å². The predicted molar refractivity (Wildman–Crippen MR) is 109 cm³/mol. The van der Waals surface area contributed by atoms with E-state index in [0.717, 1.165) is 17.1 Å². The summed E-state index contributed by atoms with van der Waals surface area (Å²) in [7, 11) is -3.93. The predicted octanol–water partition coefficient (Wildman–Crippen LogP) is 3.56. The number of likely N-dealkylation sites (tertiary alicyclic amines) is 1. The van der Waals surface area contributed by atoms with E-state index in [2.05, 4.69) is 0 Å². The lowest BCUT2D eigenvalue weighted by molar-refractivity contribution is -0.128. The van der Waals surface area contributed by atoms with Gasteiger partial charge in [-0.2, -0.15) is 0 Å². The number of ether oxygens (including phenoxy) is 1. The molecule has 0 spiro atoms. The molecule has 28 heavy (non-hydrogen) atoms. The van der Waals surface area contributed by atoms with Crippen LogP contribution in [0.3, 0.4) is 0 Å². The van der Waals surface area contributed by atoms with Crippen molar-refractivity contribution in [1.29, 1.82) is 0 Å². The molecule has 1 fully saturated rings. The lowest BCUT2D eigenvalue weighted by Gasteiger charge is -2.26. The summed E-state index contributed by atoms with van der Waals surface area (Å²) in [5.41, 5.74) is 0.408. The highest BCUT2D eigenvalue weighted by Gasteiger charge is 2.29. The van der Waals surface area contributed by atoms with Gasteiger partial charge in [0.25, 0.3) is 10.0 Å². The molecule has 1 aliphatic heterocycles. The van der Waals surface area contributed by atoms with Crippen molar-refractivity contribution in [3.63, 3.8) is 0 Å². The molecule has 3 rings (SSSR count). The smallest absolute Gasteiger partial charge is 0.264 e. The van der Waals surface area contributed by atoms with E-state index in [1.54, 1.807) is 29.2 Å². The number of carbonyl (C=O) groups is 1. The van der Waals surface area contributed by atoms with Crippen molar-refractivity contribution < 1.29 is 17.9 Å². The number of sulfonamides is 1. The molecule has 1 aliphatic rings. The first-order valence-electron chi connectivity index (χ1n) is 9.21. The van der Waals surface area contributed by atoms with E-state index in [1.165, 1.54) is 24.3 Å². The fourth-order valence-electron chi connectivity index (χ4n) is 3.11. The summed E-state index contributed by atoms with van der Waals surface area (Å²) in [4.78, 5) is 14.5. The minimum atomic E-state index is -3.93. The zero-order valence-electron chi connectivity index (χ0n) is 15.7. The second-order valence-corrected chi connectivity index (χ2v) is 8.78. The molecule has 0 aromatic heterocycles. The van der Waals surface area contributed by atoms with Crippen molar-refractivity contribution in [3.05, 3.63) is 53.6 Å². The maximum Gasteiger partial charge on any atom is 0.264 e. The van der Waals surface area contributed by atoms with E-state index in [0.29, 0.717) is 36.2 Å². The van der Waals surface area contributed by atoms with Crippen LogP contribution >= 0.6 is 11.6 Å². The Labute approximate surface area is 170 Å². The molecule has 0 atom stereocenters. The van der Waals surface area contributed by atoms with Gasteiger partial charge in [-0.3, -0.25) is 9.10 Å². The number of anilines is 1. The zero-order valence-corrected chi connectivity index (χ0v) is 17.2. The molecule has 1 saturated heterocycles. The summed E-state index contributed by atoms with van der Waals surface area (Å²) in [6.45, 7) is 3.46. The number of benzene rings is 2. The third-order valence-corrected chi connectivity index (χ3v) is 6.62. The average Bonchev–Trinajstić information content (AvgIpc) is 3.22. The quantitative estimate of drug-likeness (QED) is 0.684. The van der Waals surface area contributed by atoms with Crippen molar-refractivity contribution in [2.45, 2.75) is 24.7 Å². The monoisotopic (exact) mass is 422 g/mol. The molecule has 0 aliphatic carbocycles. The number of hydrogen-bond acceptors (Lipinski definition) is 4. The van der Waals surface area contributed by atoms with Gasteiger partial charge >= 0.3 is 0 Å². The molecule has 6 nitrogen and oxygen atoms in total. The number of hydrogen-bond donors (Lipinski definition) is 0. The number of carbonyl (C=O) groups excluding carboxylic acids is 1. The van der Waals surface area contributed by atoms with Crippen molar-refractivity contribution in [2.75, 3.05) is 30.5 Å². The lowest BCUT2D eigenvalue weighted by Crippen LogP contribution is -2.42. The van der Waals surface area contributed by atoms with Gasteiger partial charge in [0.1, 0.15) is 12.3 Å². The van der Waals surface area contributed by atoms with Gasteiger partial charge in [-0.25, -0.2) is 8.42 Å². The van der Waals surface area contributed by atoms with Crippen molar-refractivity contribution >= 4 is 33.2 Å². The highest BCUT2D eigenvalue weighted by atomic mass is 35.5. The summed E-state index contributed by atoms with van der Waals surface area (Å²) in [6.07, 6.45) is 1.89. The molecule has 1 heterocycles. The topological polar surface area (TPSA) is 66.9 Å². The fourth-order valence-corrected chi connectivity index (χ4v) is 4.65. The molecule has 1 amide bonds. The van der Waals surface area contributed by atoms with Crippen LogP contribution in [-0.4, -0.2) is 45.5 Å². The van der Waals surface area contributed by atoms with Gasteiger partial charge in [0.2, 0.25) is 5.91 Å². The molecule has 0 N–H and O–H groups in total. The van der Waals surface area contributed by atoms with Crippen LogP contribution in [0.15, 0.2) is 53.4 Å². The molecule has 0 unspecified atom stereocenters. The normalized spacial score (nSPS) is 14.1. The molecule has 8 heteroatoms. The Morgan fingerprint density at radius 1 is 1.07 bits per heavy atom. The SMILES string of the molecule is CCOc1ccc(N(CC(=O)N2CCCC2)S(=O)(=O)c2ccc(Cl)cc2)cc1. The Balaban J connectivity index is 1.95. The summed E-state index contributed by atoms with van der Waals surface area (Å²) in [5, 5.41) is 0.444. The minimum absolute atomic E-state index is 0.0833. The Kier molecular flexibility index (Phi) is 6.46. The van der Waals surface area contributed by atoms with Gasteiger partial charge in [0, 0.05) is 18.1 Å². The Bertz CT molecular complexity index is 908. The summed E-state index contributed by atoms with van der Waals surface area (Å²) in [6, 6.07) is 12.6. The summed E-state index contributed by atoms with van der Waals surface area (Å²) >= 11 is 5.89. The van der Waals surface area contributed by atoms with E-state index < -0.39 is 10.0 Å². The van der Waals surface area contributed by atoms with Crippen molar-refractivity contribution in [2.24, 2.45) is 0 Å². The van der Waals surface area contributed by atoms with Crippen LogP contribution in [0.5, 0.6) is 5.75 Å². The molecule has 150 valence electrons. The number of halogens is 1. The van der Waals surface area contributed by atoms with Crippen LogP contribution in [0.1, 0.15) is 19.8 Å². The van der Waals surface area contributed by atoms with Crippen LogP contribution < -0.4 is 9.04 Å². The van der Waals surface area contributed by atoms with Gasteiger partial charge in [-0.1, -0.05) is 11.6 Å². The number of nitrogens with zero attached hydrogens (tertiary/aromatic N) is 2. The van der Waals surface area contributed by atoms with E-state index in [-0.39, 0.29) is 17.3 Å². The number of amides is 1. The summed E-state index contributed by atoms with van der Waals surface area (Å²) < 4.78 is 33.1. The fraction of sp³-hybridized carbons (Fsp3) is 0.350. The van der Waals surface area contributed by atoms with Crippen molar-refractivity contribution in [3.8, 4) is 5.75 Å². The van der Waals surface area contributed by atoms with E-state index in [4.69, 9.17) is 16.3 Å². The van der Waals surface area contributed by atoms with Gasteiger partial charge < -0.3 is 9.64 Å². The standard InChI is InChI=1S/C20H23ClN2O4S/c1-2-27-18-9-7-17(8-10-18)23(15-20(24)22-13-3-4-14-22)28(25,26)19-11-5-16(21)6-12-19/h5-12H,2-4,13-15H2,1H3. The van der Waals surface area contributed by atoms with Crippen LogP contribution in [0.4, 0.5) is 5.69 Å². The molecule has 0 bridgehead atoms. The Hall–Kier alpha value is -2.25. The molecule has 0 saturated carbocycles. The highest BCUT2D eigenvalue weighted by molar-refractivity contribution is 7.92. The summed E-state index contributed by atoms with van der Waals surface area (Å²) in [5.74, 6) is 0.435. The molecule has 2 aromatic carbocycles. The maximum atomic E-state index is 13.3. The van der Waals surface area contributed by atoms with Gasteiger partial charge in [0.05, 0.1) is 17.2 Å². The van der Waals surface area contributed by atoms with Crippen LogP contribution in [0.25, 0.3) is 0 Å². The van der Waals surface area contributed by atoms with E-state index in [9.17, 15) is 13.2 Å². The first kappa shape index (κ1) is 20.5.